The monoisotopic (exact) mass is 412 g/mol. The van der Waals surface area contributed by atoms with Crippen LogP contribution in [0.5, 0.6) is 11.5 Å². The zero-order valence-corrected chi connectivity index (χ0v) is 17.8. The standard InChI is InChI=1S/C23H28N2O5/c1-23(2,3)30-22(27)25(14-15-5-6-15)18-11-16(21(26)28-4)12-20(13-18)29-19-9-7-17(24)8-10-19/h7-13,15H,5-6,14,24H2,1-4H3. The van der Waals surface area contributed by atoms with Crippen molar-refractivity contribution in [3.63, 3.8) is 0 Å². The summed E-state index contributed by atoms with van der Waals surface area (Å²) < 4.78 is 16.4. The fraction of sp³-hybridized carbons (Fsp3) is 0.391. The van der Waals surface area contributed by atoms with Gasteiger partial charge >= 0.3 is 12.1 Å². The van der Waals surface area contributed by atoms with Crippen LogP contribution in [0, 0.1) is 5.92 Å². The second-order valence-corrected chi connectivity index (χ2v) is 8.41. The molecule has 0 aliphatic heterocycles. The molecule has 0 spiro atoms. The number of nitrogens with zero attached hydrogens (tertiary/aromatic N) is 1. The molecule has 0 atom stereocenters. The van der Waals surface area contributed by atoms with Gasteiger partial charge in [-0.3, -0.25) is 4.90 Å². The summed E-state index contributed by atoms with van der Waals surface area (Å²) in [7, 11) is 1.31. The first kappa shape index (κ1) is 21.5. The summed E-state index contributed by atoms with van der Waals surface area (Å²) in [6.45, 7) is 5.98. The average Bonchev–Trinajstić information content (AvgIpc) is 3.50. The molecule has 2 N–H and O–H groups in total. The number of hydrogen-bond acceptors (Lipinski definition) is 6. The minimum atomic E-state index is -0.637. The van der Waals surface area contributed by atoms with Gasteiger partial charge in [0.15, 0.2) is 0 Å². The molecule has 7 heteroatoms. The van der Waals surface area contributed by atoms with Crippen LogP contribution in [0.1, 0.15) is 44.0 Å². The Morgan fingerprint density at radius 3 is 2.30 bits per heavy atom. The first-order chi connectivity index (χ1) is 14.1. The molecular formula is C23H28N2O5. The normalized spacial score (nSPS) is 13.5. The Morgan fingerprint density at radius 1 is 1.07 bits per heavy atom. The zero-order chi connectivity index (χ0) is 21.9. The van der Waals surface area contributed by atoms with E-state index in [2.05, 4.69) is 0 Å². The Bertz CT molecular complexity index is 914. The second kappa shape index (κ2) is 8.65. The number of rotatable bonds is 6. The minimum Gasteiger partial charge on any atom is -0.465 e. The predicted molar refractivity (Wildman–Crippen MR) is 115 cm³/mol. The van der Waals surface area contributed by atoms with Crippen molar-refractivity contribution in [3.05, 3.63) is 48.0 Å². The molecular weight excluding hydrogens is 384 g/mol. The van der Waals surface area contributed by atoms with Crippen LogP contribution in [0.15, 0.2) is 42.5 Å². The summed E-state index contributed by atoms with van der Waals surface area (Å²) in [5.74, 6) is 0.862. The van der Waals surface area contributed by atoms with E-state index >= 15 is 0 Å². The van der Waals surface area contributed by atoms with Crippen molar-refractivity contribution in [1.29, 1.82) is 0 Å². The van der Waals surface area contributed by atoms with E-state index in [4.69, 9.17) is 19.9 Å². The van der Waals surface area contributed by atoms with Crippen LogP contribution in [0.25, 0.3) is 0 Å². The highest BCUT2D eigenvalue weighted by atomic mass is 16.6. The van der Waals surface area contributed by atoms with E-state index < -0.39 is 17.7 Å². The van der Waals surface area contributed by atoms with Crippen LogP contribution < -0.4 is 15.4 Å². The molecule has 1 aliphatic rings. The fourth-order valence-corrected chi connectivity index (χ4v) is 2.87. The number of anilines is 2. The van der Waals surface area contributed by atoms with Crippen molar-refractivity contribution in [2.75, 3.05) is 24.3 Å². The number of carbonyl (C=O) groups excluding carboxylic acids is 2. The molecule has 1 amide bonds. The number of ether oxygens (including phenoxy) is 3. The van der Waals surface area contributed by atoms with Gasteiger partial charge in [0.25, 0.3) is 0 Å². The molecule has 2 aromatic carbocycles. The minimum absolute atomic E-state index is 0.282. The van der Waals surface area contributed by atoms with Gasteiger partial charge in [-0.25, -0.2) is 9.59 Å². The van der Waals surface area contributed by atoms with Crippen LogP contribution in [0.4, 0.5) is 16.2 Å². The van der Waals surface area contributed by atoms with Crippen LogP contribution >= 0.6 is 0 Å². The van der Waals surface area contributed by atoms with Gasteiger partial charge in [0.05, 0.1) is 18.4 Å². The Kier molecular flexibility index (Phi) is 6.20. The van der Waals surface area contributed by atoms with Gasteiger partial charge in [-0.05, 0) is 75.9 Å². The van der Waals surface area contributed by atoms with E-state index in [-0.39, 0.29) is 5.56 Å². The van der Waals surface area contributed by atoms with Crippen LogP contribution in [0.2, 0.25) is 0 Å². The molecule has 1 fully saturated rings. The maximum absolute atomic E-state index is 12.9. The van der Waals surface area contributed by atoms with E-state index in [1.807, 2.05) is 20.8 Å². The van der Waals surface area contributed by atoms with Crippen molar-refractivity contribution >= 4 is 23.4 Å². The molecule has 0 unspecified atom stereocenters. The summed E-state index contributed by atoms with van der Waals surface area (Å²) in [4.78, 5) is 26.7. The van der Waals surface area contributed by atoms with E-state index in [1.165, 1.54) is 7.11 Å². The molecule has 1 aliphatic carbocycles. The number of nitrogen functional groups attached to an aromatic ring is 1. The molecule has 1 saturated carbocycles. The maximum atomic E-state index is 12.9. The quantitative estimate of drug-likeness (QED) is 0.530. The smallest absolute Gasteiger partial charge is 0.414 e. The first-order valence-corrected chi connectivity index (χ1v) is 9.92. The number of amides is 1. The molecule has 2 aromatic rings. The molecule has 0 saturated heterocycles. The Labute approximate surface area is 176 Å². The lowest BCUT2D eigenvalue weighted by Crippen LogP contribution is -2.38. The van der Waals surface area contributed by atoms with Crippen molar-refractivity contribution in [1.82, 2.24) is 0 Å². The first-order valence-electron chi connectivity index (χ1n) is 9.92. The van der Waals surface area contributed by atoms with Gasteiger partial charge in [-0.2, -0.15) is 0 Å². The number of esters is 1. The molecule has 7 nitrogen and oxygen atoms in total. The number of benzene rings is 2. The van der Waals surface area contributed by atoms with Gasteiger partial charge in [0.2, 0.25) is 0 Å². The third-order valence-electron chi connectivity index (χ3n) is 4.49. The van der Waals surface area contributed by atoms with Crippen molar-refractivity contribution < 1.29 is 23.8 Å². The van der Waals surface area contributed by atoms with E-state index in [1.54, 1.807) is 47.4 Å². The van der Waals surface area contributed by atoms with Gasteiger partial charge in [-0.15, -0.1) is 0 Å². The number of hydrogen-bond donors (Lipinski definition) is 1. The third kappa shape index (κ3) is 5.89. The zero-order valence-electron chi connectivity index (χ0n) is 17.8. The van der Waals surface area contributed by atoms with Gasteiger partial charge in [0, 0.05) is 18.3 Å². The number of methoxy groups -OCH3 is 1. The predicted octanol–water partition coefficient (Wildman–Crippen LogP) is 5.00. The van der Waals surface area contributed by atoms with Crippen LogP contribution in [-0.2, 0) is 9.47 Å². The topological polar surface area (TPSA) is 91.1 Å². The Balaban J connectivity index is 1.97. The summed E-state index contributed by atoms with van der Waals surface area (Å²) in [6.07, 6.45) is 1.66. The Hall–Kier alpha value is -3.22. The lowest BCUT2D eigenvalue weighted by atomic mass is 10.1. The van der Waals surface area contributed by atoms with Crippen molar-refractivity contribution in [2.24, 2.45) is 5.92 Å². The summed E-state index contributed by atoms with van der Waals surface area (Å²) in [5, 5.41) is 0. The third-order valence-corrected chi connectivity index (χ3v) is 4.49. The van der Waals surface area contributed by atoms with E-state index in [0.717, 1.165) is 12.8 Å². The van der Waals surface area contributed by atoms with E-state index in [0.29, 0.717) is 35.3 Å². The maximum Gasteiger partial charge on any atom is 0.414 e. The van der Waals surface area contributed by atoms with Crippen molar-refractivity contribution in [3.8, 4) is 11.5 Å². The highest BCUT2D eigenvalue weighted by molar-refractivity contribution is 5.94. The fourth-order valence-electron chi connectivity index (χ4n) is 2.87. The molecule has 0 radical (unpaired) electrons. The largest absolute Gasteiger partial charge is 0.465 e. The summed E-state index contributed by atoms with van der Waals surface area (Å²) >= 11 is 0. The Morgan fingerprint density at radius 2 is 1.73 bits per heavy atom. The molecule has 160 valence electrons. The lowest BCUT2D eigenvalue weighted by Gasteiger charge is -2.28. The SMILES string of the molecule is COC(=O)c1cc(Oc2ccc(N)cc2)cc(N(CC2CC2)C(=O)OC(C)(C)C)c1. The van der Waals surface area contributed by atoms with Gasteiger partial charge in [-0.1, -0.05) is 0 Å². The second-order valence-electron chi connectivity index (χ2n) is 8.41. The molecule has 0 bridgehead atoms. The molecule has 0 aromatic heterocycles. The molecule has 30 heavy (non-hydrogen) atoms. The van der Waals surface area contributed by atoms with Crippen molar-refractivity contribution in [2.45, 2.75) is 39.2 Å². The molecule has 3 rings (SSSR count). The number of nitrogens with two attached hydrogens (primary N) is 1. The van der Waals surface area contributed by atoms with Crippen LogP contribution in [0.3, 0.4) is 0 Å². The van der Waals surface area contributed by atoms with Gasteiger partial charge in [0.1, 0.15) is 17.1 Å². The van der Waals surface area contributed by atoms with E-state index in [9.17, 15) is 9.59 Å². The lowest BCUT2D eigenvalue weighted by molar-refractivity contribution is 0.0571. The van der Waals surface area contributed by atoms with Crippen LogP contribution in [-0.4, -0.2) is 31.3 Å². The highest BCUT2D eigenvalue weighted by Gasteiger charge is 2.31. The van der Waals surface area contributed by atoms with Gasteiger partial charge < -0.3 is 19.9 Å². The number of carbonyl (C=O) groups is 2. The summed E-state index contributed by atoms with van der Waals surface area (Å²) in [6, 6.07) is 11.8. The molecule has 0 heterocycles. The highest BCUT2D eigenvalue weighted by Crippen LogP contribution is 2.35. The summed E-state index contributed by atoms with van der Waals surface area (Å²) in [5.41, 5.74) is 6.51. The average molecular weight is 412 g/mol.